The first-order valence-corrected chi connectivity index (χ1v) is 5.37. The van der Waals surface area contributed by atoms with Crippen molar-refractivity contribution in [2.45, 2.75) is 0 Å². The molecule has 0 radical (unpaired) electrons. The maximum atomic E-state index is 7.33. The molecule has 0 aromatic heterocycles. The monoisotopic (exact) mass is 282 g/mol. The molecule has 0 aliphatic carbocycles. The third-order valence-corrected chi connectivity index (χ3v) is 0. The normalized spacial score (nSPS) is 10.9. The molecule has 0 spiro atoms. The third-order valence-electron chi connectivity index (χ3n) is 0. The number of hydrogen-bond acceptors (Lipinski definition) is 8. The van der Waals surface area contributed by atoms with E-state index in [1.165, 1.54) is 0 Å². The predicted octanol–water partition coefficient (Wildman–Crippen LogP) is -5.37. The fourth-order valence-electron chi connectivity index (χ4n) is 0. The molecule has 0 unspecified atom stereocenters. The maximum Gasteiger partial charge on any atom is 2.00 e. The second-order valence-corrected chi connectivity index (χ2v) is 3.60. The molecule has 11 heteroatoms. The van der Waals surface area contributed by atoms with Crippen molar-refractivity contribution in [1.29, 1.82) is 0 Å². The van der Waals surface area contributed by atoms with E-state index in [1.54, 1.807) is 0 Å². The van der Waals surface area contributed by atoms with Gasteiger partial charge in [0.2, 0.25) is 0 Å². The van der Waals surface area contributed by atoms with Crippen LogP contribution >= 0.6 is 0 Å². The van der Waals surface area contributed by atoms with Crippen LogP contribution in [0.3, 0.4) is 0 Å². The van der Waals surface area contributed by atoms with E-state index in [-0.39, 0.29) is 48.3 Å². The van der Waals surface area contributed by atoms with Gasteiger partial charge in [-0.1, -0.05) is 0 Å². The summed E-state index contributed by atoms with van der Waals surface area (Å²) in [7, 11) is -9.22. The van der Waals surface area contributed by atoms with E-state index in [4.69, 9.17) is 38.4 Å². The zero-order valence-corrected chi connectivity index (χ0v) is 10.8. The minimum absolute atomic E-state index is 0. The van der Waals surface area contributed by atoms with Gasteiger partial charge in [0.05, 0.1) is 0 Å². The fraction of sp³-hybridized carbons (Fsp3) is 0. The zero-order valence-electron chi connectivity index (χ0n) is 7.28. The Morgan fingerprint density at radius 2 is 0.545 bits per heavy atom. The summed E-state index contributed by atoms with van der Waals surface area (Å²) in [6.07, 6.45) is 0. The van der Waals surface area contributed by atoms with E-state index in [0.29, 0.717) is 0 Å². The van der Waals surface area contributed by atoms with E-state index in [1.807, 2.05) is 0 Å². The Bertz CT molecular complexity index is 63.1. The summed E-state index contributed by atoms with van der Waals surface area (Å²) in [6.45, 7) is 0. The molecule has 0 rings (SSSR count). The zero-order chi connectivity index (χ0) is 9.00. The Morgan fingerprint density at radius 3 is 0.545 bits per heavy atom. The number of hydrogen-bond donors (Lipinski definition) is 8. The second kappa shape index (κ2) is 7.04. The van der Waals surface area contributed by atoms with Crippen molar-refractivity contribution in [3.8, 4) is 0 Å². The summed E-state index contributed by atoms with van der Waals surface area (Å²) in [5.41, 5.74) is 0. The van der Waals surface area contributed by atoms with Crippen LogP contribution < -0.4 is 0 Å². The molecule has 0 fully saturated rings. The van der Waals surface area contributed by atoms with Gasteiger partial charge in [-0.2, -0.15) is 0 Å². The molecular formula is H10O8Si2Sr. The van der Waals surface area contributed by atoms with Crippen molar-refractivity contribution in [2.24, 2.45) is 0 Å². The van der Waals surface area contributed by atoms with Crippen molar-refractivity contribution in [3.63, 3.8) is 0 Å². The number of rotatable bonds is 0. The van der Waals surface area contributed by atoms with Crippen molar-refractivity contribution in [2.75, 3.05) is 0 Å². The van der Waals surface area contributed by atoms with Gasteiger partial charge in [0.1, 0.15) is 0 Å². The molecule has 0 bridgehead atoms. The van der Waals surface area contributed by atoms with Gasteiger partial charge in [0, 0.05) is 0 Å². The molecule has 0 saturated heterocycles. The van der Waals surface area contributed by atoms with Crippen molar-refractivity contribution >= 4 is 63.6 Å². The molecule has 0 aliphatic heterocycles. The molecule has 0 aromatic carbocycles. The Balaban J connectivity index is -0.0000000267. The summed E-state index contributed by atoms with van der Waals surface area (Å²) >= 11 is 0. The van der Waals surface area contributed by atoms with Crippen molar-refractivity contribution in [1.82, 2.24) is 0 Å². The SMILES string of the molecule is O[Si](O)(O)O.O[Si](O)(O)O.[H-].[H-].[Sr+2]. The minimum atomic E-state index is -4.61. The Morgan fingerprint density at radius 1 is 0.545 bits per heavy atom. The van der Waals surface area contributed by atoms with Gasteiger partial charge < -0.3 is 41.2 Å². The fourth-order valence-corrected chi connectivity index (χ4v) is 0. The molecule has 8 nitrogen and oxygen atoms in total. The van der Waals surface area contributed by atoms with Gasteiger partial charge in [0.15, 0.2) is 0 Å². The van der Waals surface area contributed by atoms with Gasteiger partial charge in [-0.15, -0.1) is 0 Å². The van der Waals surface area contributed by atoms with E-state index in [2.05, 4.69) is 0 Å². The largest absolute Gasteiger partial charge is 2.00 e. The molecular weight excluding hydrogens is 272 g/mol. The Labute approximate surface area is 104 Å². The van der Waals surface area contributed by atoms with Crippen LogP contribution in [0.25, 0.3) is 0 Å². The van der Waals surface area contributed by atoms with Gasteiger partial charge in [0.25, 0.3) is 0 Å². The molecule has 0 amide bonds. The first kappa shape index (κ1) is 18.4. The first-order chi connectivity index (χ1) is 4.00. The van der Waals surface area contributed by atoms with Crippen LogP contribution in [0.1, 0.15) is 2.85 Å². The first-order valence-electron chi connectivity index (χ1n) is 1.79. The quantitative estimate of drug-likeness (QED) is 0.204. The van der Waals surface area contributed by atoms with E-state index >= 15 is 0 Å². The smallest absolute Gasteiger partial charge is 1.00 e. The van der Waals surface area contributed by atoms with E-state index in [9.17, 15) is 0 Å². The molecule has 11 heavy (non-hydrogen) atoms. The van der Waals surface area contributed by atoms with Crippen LogP contribution in [0.2, 0.25) is 0 Å². The maximum absolute atomic E-state index is 7.33. The molecule has 68 valence electrons. The summed E-state index contributed by atoms with van der Waals surface area (Å²) in [6, 6.07) is 0. The Hall–Kier alpha value is 1.59. The van der Waals surface area contributed by atoms with Gasteiger partial charge in [-0.05, 0) is 0 Å². The minimum Gasteiger partial charge on any atom is -1.00 e. The average molecular weight is 282 g/mol. The van der Waals surface area contributed by atoms with Crippen molar-refractivity contribution < 1.29 is 41.2 Å². The molecule has 0 heterocycles. The van der Waals surface area contributed by atoms with Gasteiger partial charge in [-0.3, -0.25) is 0 Å². The van der Waals surface area contributed by atoms with Crippen LogP contribution in [0, 0.1) is 0 Å². The standard InChI is InChI=1S/2H4O4Si.Sr.2H/c2*1-5(2,3)4;;;/h2*1-4H;;;/q;;+2;2*-1. The third kappa shape index (κ3) is 420. The van der Waals surface area contributed by atoms with Crippen LogP contribution in [0.15, 0.2) is 0 Å². The van der Waals surface area contributed by atoms with Crippen LogP contribution in [-0.2, 0) is 0 Å². The van der Waals surface area contributed by atoms with Crippen LogP contribution in [-0.4, -0.2) is 102 Å². The second-order valence-electron chi connectivity index (χ2n) is 1.20. The molecule has 0 aromatic rings. The summed E-state index contributed by atoms with van der Waals surface area (Å²) in [5.74, 6) is 0. The van der Waals surface area contributed by atoms with Crippen LogP contribution in [0.4, 0.5) is 0 Å². The molecule has 0 saturated carbocycles. The summed E-state index contributed by atoms with van der Waals surface area (Å²) < 4.78 is 0. The summed E-state index contributed by atoms with van der Waals surface area (Å²) in [4.78, 5) is 58.6. The van der Waals surface area contributed by atoms with Crippen LogP contribution in [0.5, 0.6) is 0 Å². The van der Waals surface area contributed by atoms with E-state index < -0.39 is 18.1 Å². The van der Waals surface area contributed by atoms with Gasteiger partial charge in [-0.25, -0.2) is 0 Å². The Kier molecular flexibility index (Phi) is 11.8. The topological polar surface area (TPSA) is 162 Å². The van der Waals surface area contributed by atoms with E-state index in [0.717, 1.165) is 0 Å². The molecule has 8 N–H and O–H groups in total. The van der Waals surface area contributed by atoms with Gasteiger partial charge >= 0.3 is 63.6 Å². The van der Waals surface area contributed by atoms with Crippen molar-refractivity contribution in [3.05, 3.63) is 0 Å². The summed E-state index contributed by atoms with van der Waals surface area (Å²) in [5, 5.41) is 0. The molecule has 0 aliphatic rings. The molecule has 0 atom stereocenters. The average Bonchev–Trinajstić information content (AvgIpc) is 1.12. The predicted molar refractivity (Wildman–Crippen MR) is 37.2 cm³/mol.